The van der Waals surface area contributed by atoms with Crippen LogP contribution in [0.25, 0.3) is 27.6 Å². The summed E-state index contributed by atoms with van der Waals surface area (Å²) in [6.07, 6.45) is 1.94. The Morgan fingerprint density at radius 3 is 1.38 bits per heavy atom. The van der Waals surface area contributed by atoms with Crippen molar-refractivity contribution in [2.75, 3.05) is 0 Å². The predicted octanol–water partition coefficient (Wildman–Crippen LogP) is 15.1. The smallest absolute Gasteiger partial charge is 0.509 e. The van der Waals surface area contributed by atoms with Crippen LogP contribution in [-0.2, 0) is 37.3 Å². The van der Waals surface area contributed by atoms with E-state index in [9.17, 15) is 0 Å². The average molecular weight is 1410 g/mol. The molecule has 2 aromatic heterocycles. The molecule has 3 heterocycles. The molecule has 0 atom stereocenters. The summed E-state index contributed by atoms with van der Waals surface area (Å²) in [5.74, 6) is 1.94. The number of hydrogen-bond donors (Lipinski definition) is 0. The van der Waals surface area contributed by atoms with Crippen molar-refractivity contribution in [3.05, 3.63) is 314 Å². The third-order valence-electron chi connectivity index (χ3n) is 18.4. The van der Waals surface area contributed by atoms with E-state index in [1.165, 1.54) is 58.2 Å². The second-order valence-corrected chi connectivity index (χ2v) is 34.8. The van der Waals surface area contributed by atoms with Gasteiger partial charge in [0.15, 0.2) is 16.1 Å². The molecule has 5 nitrogen and oxygen atoms in total. The number of nitrogens with zero attached hydrogens (tertiary/aromatic N) is 4. The molecule has 0 saturated heterocycles. The van der Waals surface area contributed by atoms with Gasteiger partial charge in [0.25, 0.3) is 11.4 Å². The molecular formula is C84H74N4OPtSi2+2. The summed E-state index contributed by atoms with van der Waals surface area (Å²) in [6.45, 7) is 20.6. The van der Waals surface area contributed by atoms with Gasteiger partial charge in [-0.15, -0.1) is 23.6 Å². The Morgan fingerprint density at radius 1 is 0.402 bits per heavy atom. The molecule has 0 bridgehead atoms. The van der Waals surface area contributed by atoms with E-state index in [-0.39, 0.29) is 37.3 Å². The molecule has 452 valence electrons. The molecule has 11 aromatic carbocycles. The Morgan fingerprint density at radius 2 is 0.880 bits per heavy atom. The molecule has 8 heteroatoms. The van der Waals surface area contributed by atoms with Crippen LogP contribution in [0.15, 0.2) is 285 Å². The maximum atomic E-state index is 7.06. The fourth-order valence-corrected chi connectivity index (χ4v) is 23.5. The van der Waals surface area contributed by atoms with Crippen LogP contribution in [0.2, 0.25) is 0 Å². The average Bonchev–Trinajstić information content (AvgIpc) is 1.36. The SMILES string of the molecule is CC(C)(C)c1cc([N+]2=C=[N+](c3[c-]c(Oc4[c-]c5c(cc4)c4cc([Si](c6ccccc6)(c6ccccc6)c6ccccc6)ccc4n5-c4cc(C(C)(C)C)ccn4)ccc3)c3cccc([Si](c4ccccc4)(c4ccccc4)c4ccccc4)c32)cc(C(C)(C)C)c1.[Pt+2]. The first-order valence-corrected chi connectivity index (χ1v) is 35.7. The van der Waals surface area contributed by atoms with Crippen molar-refractivity contribution >= 4 is 108 Å². The van der Waals surface area contributed by atoms with E-state index in [0.717, 1.165) is 50.4 Å². The molecule has 0 unspecified atom stereocenters. The molecule has 0 fully saturated rings. The summed E-state index contributed by atoms with van der Waals surface area (Å²) in [5.41, 5.74) is 9.22. The van der Waals surface area contributed by atoms with Crippen LogP contribution in [0.3, 0.4) is 0 Å². The fourth-order valence-electron chi connectivity index (χ4n) is 13.7. The number of hydrogen-bond acceptors (Lipinski definition) is 2. The first-order chi connectivity index (χ1) is 44.0. The zero-order chi connectivity index (χ0) is 62.7. The Bertz CT molecular complexity index is 4700. The van der Waals surface area contributed by atoms with Gasteiger partial charge in [0.2, 0.25) is 5.69 Å². The van der Waals surface area contributed by atoms with Crippen molar-refractivity contribution in [2.24, 2.45) is 0 Å². The van der Waals surface area contributed by atoms with Crippen molar-refractivity contribution in [2.45, 2.75) is 78.6 Å². The monoisotopic (exact) mass is 1410 g/mol. The largest absolute Gasteiger partial charge is 2.00 e. The van der Waals surface area contributed by atoms with E-state index in [0.29, 0.717) is 11.5 Å². The van der Waals surface area contributed by atoms with Crippen LogP contribution in [0.1, 0.15) is 79.0 Å². The second-order valence-electron chi connectivity index (χ2n) is 27.2. The van der Waals surface area contributed by atoms with Gasteiger partial charge >= 0.3 is 27.1 Å². The Labute approximate surface area is 558 Å². The van der Waals surface area contributed by atoms with E-state index in [1.807, 2.05) is 12.3 Å². The van der Waals surface area contributed by atoms with E-state index in [2.05, 4.69) is 367 Å². The van der Waals surface area contributed by atoms with Crippen LogP contribution in [-0.4, -0.2) is 31.7 Å². The fraction of sp³-hybridized carbons (Fsp3) is 0.143. The van der Waals surface area contributed by atoms with Gasteiger partial charge in [-0.2, -0.15) is 12.1 Å². The minimum Gasteiger partial charge on any atom is -0.509 e. The molecular weight excluding hydrogens is 1330 g/mol. The second kappa shape index (κ2) is 24.4. The number of pyridine rings is 1. The predicted molar refractivity (Wildman–Crippen MR) is 387 cm³/mol. The van der Waals surface area contributed by atoms with E-state index >= 15 is 0 Å². The maximum Gasteiger partial charge on any atom is 2.00 e. The number of ether oxygens (including phenoxy) is 1. The molecule has 92 heavy (non-hydrogen) atoms. The van der Waals surface area contributed by atoms with Crippen molar-refractivity contribution in [1.82, 2.24) is 18.7 Å². The van der Waals surface area contributed by atoms with Crippen LogP contribution < -0.4 is 55.4 Å². The molecule has 0 N–H and O–H groups in total. The van der Waals surface area contributed by atoms with Crippen molar-refractivity contribution in [3.63, 3.8) is 0 Å². The Balaban J connectivity index is 0.00000773. The van der Waals surface area contributed by atoms with Gasteiger partial charge in [0.05, 0.1) is 0 Å². The Hall–Kier alpha value is -9.33. The summed E-state index contributed by atoms with van der Waals surface area (Å²) in [6, 6.07) is 115. The molecule has 1 aliphatic rings. The van der Waals surface area contributed by atoms with Gasteiger partial charge in [0, 0.05) is 46.6 Å². The maximum absolute atomic E-state index is 7.06. The number of benzene rings is 11. The first-order valence-electron chi connectivity index (χ1n) is 31.7. The van der Waals surface area contributed by atoms with Gasteiger partial charge in [-0.1, -0.05) is 297 Å². The van der Waals surface area contributed by atoms with Gasteiger partial charge in [-0.25, -0.2) is 4.98 Å². The molecule has 0 radical (unpaired) electrons. The molecule has 0 spiro atoms. The van der Waals surface area contributed by atoms with Crippen LogP contribution in [0.4, 0.5) is 22.7 Å². The summed E-state index contributed by atoms with van der Waals surface area (Å²) in [4.78, 5) is 5.12. The summed E-state index contributed by atoms with van der Waals surface area (Å²) >= 11 is 0. The normalized spacial score (nSPS) is 12.7. The van der Waals surface area contributed by atoms with Gasteiger partial charge in [-0.3, -0.25) is 0 Å². The van der Waals surface area contributed by atoms with E-state index in [4.69, 9.17) is 9.72 Å². The number of fused-ring (bicyclic) bond motifs is 4. The van der Waals surface area contributed by atoms with Gasteiger partial charge in [-0.05, 0) is 97.4 Å². The minimum absolute atomic E-state index is 0. The van der Waals surface area contributed by atoms with E-state index < -0.39 is 16.1 Å². The topological polar surface area (TPSA) is 33.1 Å². The summed E-state index contributed by atoms with van der Waals surface area (Å²) in [7, 11) is -6.00. The zero-order valence-corrected chi connectivity index (χ0v) is 57.9. The van der Waals surface area contributed by atoms with Gasteiger partial charge in [0.1, 0.15) is 11.5 Å². The van der Waals surface area contributed by atoms with Crippen molar-refractivity contribution in [3.8, 4) is 17.3 Å². The zero-order valence-electron chi connectivity index (χ0n) is 53.6. The van der Waals surface area contributed by atoms with E-state index in [1.54, 1.807) is 0 Å². The number of aromatic nitrogens is 2. The summed E-state index contributed by atoms with van der Waals surface area (Å²) < 4.78 is 13.9. The third kappa shape index (κ3) is 10.9. The van der Waals surface area contributed by atoms with Crippen molar-refractivity contribution < 1.29 is 25.8 Å². The minimum atomic E-state index is -3.11. The quantitative estimate of drug-likeness (QED) is 0.0499. The standard InChI is InChI=1S/C84H74N4OSi2.Pt/c1-82(2,3)60-50-51-85-80(55-60)88-76-49-47-73(90(67-32-16-10-17-33-67,68-34-18-11-19-35-68)69-36-20-12-21-37-69)58-75(76)74-48-46-66(57-78(74)88)89-65-31-28-30-63(56-65)86-59-87(64-53-61(83(4,5)6)52-62(54-64)84(7,8)9)81-77(86)44-29-45-79(81)91(70-38-22-13-23-39-70,71-40-24-14-25-41-71)72-42-26-15-27-43-72;/h10-55,58H,1-9H3;/q;+2. The van der Waals surface area contributed by atoms with Crippen LogP contribution in [0, 0.1) is 12.1 Å². The van der Waals surface area contributed by atoms with Crippen LogP contribution >= 0.6 is 0 Å². The molecule has 0 amide bonds. The number of para-hydroxylation sites is 1. The molecule has 0 aliphatic carbocycles. The summed E-state index contributed by atoms with van der Waals surface area (Å²) in [5, 5.41) is 12.6. The number of rotatable bonds is 13. The molecule has 1 aliphatic heterocycles. The molecule has 0 saturated carbocycles. The van der Waals surface area contributed by atoms with Crippen LogP contribution in [0.5, 0.6) is 11.5 Å². The van der Waals surface area contributed by atoms with Crippen molar-refractivity contribution in [1.29, 1.82) is 0 Å². The Kier molecular flexibility index (Phi) is 16.3. The third-order valence-corrected chi connectivity index (χ3v) is 28.0. The molecule has 13 aromatic rings. The van der Waals surface area contributed by atoms with Gasteiger partial charge < -0.3 is 9.30 Å². The molecule has 14 rings (SSSR count). The first kappa shape index (κ1) is 61.5.